The Labute approximate surface area is 156 Å². The molecule has 0 aliphatic carbocycles. The normalized spacial score (nSPS) is 15.3. The fourth-order valence-corrected chi connectivity index (χ4v) is 3.43. The number of rotatable bonds is 5. The Kier molecular flexibility index (Phi) is 4.99. The number of nitrogens with zero attached hydrogens (tertiary/aromatic N) is 2. The van der Waals surface area contributed by atoms with Crippen LogP contribution in [-0.2, 0) is 17.6 Å². The molecule has 1 aliphatic rings. The van der Waals surface area contributed by atoms with Crippen molar-refractivity contribution in [3.63, 3.8) is 0 Å². The molecule has 1 aliphatic heterocycles. The van der Waals surface area contributed by atoms with Gasteiger partial charge in [0.1, 0.15) is 11.4 Å². The van der Waals surface area contributed by atoms with Crippen molar-refractivity contribution in [3.05, 3.63) is 69.8 Å². The predicted octanol–water partition coefficient (Wildman–Crippen LogP) is 3.96. The Morgan fingerprint density at radius 2 is 2.15 bits per heavy atom. The lowest BCUT2D eigenvalue weighted by atomic mass is 9.94. The Morgan fingerprint density at radius 3 is 2.85 bits per heavy atom. The predicted molar refractivity (Wildman–Crippen MR) is 99.4 cm³/mol. The van der Waals surface area contributed by atoms with Gasteiger partial charge in [-0.3, -0.25) is 4.79 Å². The van der Waals surface area contributed by atoms with Gasteiger partial charge in [-0.1, -0.05) is 29.8 Å². The molecule has 26 heavy (non-hydrogen) atoms. The van der Waals surface area contributed by atoms with Crippen LogP contribution in [0.15, 0.2) is 36.4 Å². The second-order valence-corrected chi connectivity index (χ2v) is 7.12. The molecule has 0 radical (unpaired) electrons. The van der Waals surface area contributed by atoms with E-state index in [1.165, 1.54) is 19.1 Å². The number of carbonyl (C=O) groups is 1. The molecule has 0 amide bonds. The molecule has 6 heteroatoms. The Balaban J connectivity index is 1.72. The van der Waals surface area contributed by atoms with Crippen LogP contribution in [0.3, 0.4) is 0 Å². The zero-order valence-electron chi connectivity index (χ0n) is 14.3. The van der Waals surface area contributed by atoms with Crippen LogP contribution < -0.4 is 4.90 Å². The van der Waals surface area contributed by atoms with Gasteiger partial charge in [0.15, 0.2) is 5.78 Å². The number of halogens is 2. The van der Waals surface area contributed by atoms with Crippen LogP contribution >= 0.6 is 11.6 Å². The first-order valence-corrected chi connectivity index (χ1v) is 8.63. The van der Waals surface area contributed by atoms with Crippen molar-refractivity contribution >= 4 is 28.8 Å². The fraction of sp³-hybridized carbons (Fsp3) is 0.300. The fourth-order valence-electron chi connectivity index (χ4n) is 3.19. The molecule has 1 heterocycles. The summed E-state index contributed by atoms with van der Waals surface area (Å²) in [6, 6.07) is 9.37. The smallest absolute Gasteiger partial charge is 0.205 e. The number of β-amino-alcohol motifs (C(OH)–C–C–N with tert-alkyl or cyclic N) is 1. The summed E-state index contributed by atoms with van der Waals surface area (Å²) in [6.07, 6.45) is 0.709. The first-order chi connectivity index (χ1) is 12.3. The standard InChI is InChI=1S/C20H18ClFN2O2/c1-20(26,12-24-8-7-14-11-15(22)4-6-18(14)24)19(25)10-13-3-5-17(23-2)16(21)9-13/h3-6,9,11,26H,7-8,10,12H2,1H3/t20-/m0/s1. The summed E-state index contributed by atoms with van der Waals surface area (Å²) < 4.78 is 13.3. The summed E-state index contributed by atoms with van der Waals surface area (Å²) in [5, 5.41) is 11.0. The average Bonchev–Trinajstić information content (AvgIpc) is 2.96. The third kappa shape index (κ3) is 3.72. The van der Waals surface area contributed by atoms with E-state index in [9.17, 15) is 14.3 Å². The van der Waals surface area contributed by atoms with E-state index < -0.39 is 5.60 Å². The zero-order chi connectivity index (χ0) is 18.9. The number of ketones is 1. The van der Waals surface area contributed by atoms with E-state index in [1.807, 2.05) is 4.90 Å². The molecule has 2 aromatic rings. The van der Waals surface area contributed by atoms with Crippen molar-refractivity contribution in [3.8, 4) is 0 Å². The number of benzene rings is 2. The zero-order valence-corrected chi connectivity index (χ0v) is 15.1. The van der Waals surface area contributed by atoms with E-state index >= 15 is 0 Å². The number of aliphatic hydroxyl groups is 1. The van der Waals surface area contributed by atoms with E-state index in [1.54, 1.807) is 24.3 Å². The first-order valence-electron chi connectivity index (χ1n) is 8.25. The van der Waals surface area contributed by atoms with Gasteiger partial charge in [0.05, 0.1) is 13.1 Å². The first kappa shape index (κ1) is 18.4. The van der Waals surface area contributed by atoms with Crippen LogP contribution in [0.25, 0.3) is 4.85 Å². The molecule has 134 valence electrons. The number of fused-ring (bicyclic) bond motifs is 1. The molecular formula is C20H18ClFN2O2. The van der Waals surface area contributed by atoms with Crippen LogP contribution in [0.5, 0.6) is 0 Å². The Hall–Kier alpha value is -2.42. The summed E-state index contributed by atoms with van der Waals surface area (Å²) in [6.45, 7) is 9.26. The average molecular weight is 373 g/mol. The van der Waals surface area contributed by atoms with Crippen LogP contribution in [0.2, 0.25) is 5.02 Å². The number of carbonyl (C=O) groups excluding carboxylic acids is 1. The number of Topliss-reactive ketones (excluding diaryl/α,β-unsaturated/α-hetero) is 1. The van der Waals surface area contributed by atoms with Gasteiger partial charge in [-0.2, -0.15) is 0 Å². The maximum absolute atomic E-state index is 13.3. The van der Waals surface area contributed by atoms with Gasteiger partial charge in [-0.25, -0.2) is 9.24 Å². The Morgan fingerprint density at radius 1 is 1.38 bits per heavy atom. The summed E-state index contributed by atoms with van der Waals surface area (Å²) in [5.41, 5.74) is 1.16. The third-order valence-electron chi connectivity index (χ3n) is 4.63. The summed E-state index contributed by atoms with van der Waals surface area (Å²) in [5.74, 6) is -0.618. The van der Waals surface area contributed by atoms with E-state index in [0.29, 0.717) is 29.2 Å². The van der Waals surface area contributed by atoms with Crippen molar-refractivity contribution in [2.24, 2.45) is 0 Å². The van der Waals surface area contributed by atoms with Gasteiger partial charge in [0, 0.05) is 23.7 Å². The SMILES string of the molecule is [C-]#[N+]c1ccc(CC(=O)[C@@](C)(O)CN2CCc3cc(F)ccc32)cc1Cl. The molecular weight excluding hydrogens is 355 g/mol. The molecule has 0 spiro atoms. The van der Waals surface area contributed by atoms with Gasteiger partial charge < -0.3 is 10.0 Å². The van der Waals surface area contributed by atoms with Crippen molar-refractivity contribution in [2.75, 3.05) is 18.0 Å². The maximum Gasteiger partial charge on any atom is 0.205 e. The minimum absolute atomic E-state index is 0.0229. The largest absolute Gasteiger partial charge is 0.380 e. The number of anilines is 1. The van der Waals surface area contributed by atoms with E-state index in [0.717, 1.165) is 11.3 Å². The number of hydrogen-bond donors (Lipinski definition) is 1. The molecule has 1 N–H and O–H groups in total. The third-order valence-corrected chi connectivity index (χ3v) is 4.93. The van der Waals surface area contributed by atoms with Crippen molar-refractivity contribution in [2.45, 2.75) is 25.4 Å². The molecule has 1 atom stereocenters. The monoisotopic (exact) mass is 372 g/mol. The van der Waals surface area contributed by atoms with Crippen LogP contribution in [0, 0.1) is 12.4 Å². The minimum atomic E-state index is -1.55. The van der Waals surface area contributed by atoms with Crippen molar-refractivity contribution < 1.29 is 14.3 Å². The molecule has 4 nitrogen and oxygen atoms in total. The van der Waals surface area contributed by atoms with Gasteiger partial charge >= 0.3 is 0 Å². The van der Waals surface area contributed by atoms with E-state index in [-0.39, 0.29) is 24.6 Å². The Bertz CT molecular complexity index is 905. The van der Waals surface area contributed by atoms with Crippen molar-refractivity contribution in [1.82, 2.24) is 0 Å². The van der Waals surface area contributed by atoms with E-state index in [2.05, 4.69) is 4.85 Å². The second-order valence-electron chi connectivity index (χ2n) is 6.72. The molecule has 0 unspecified atom stereocenters. The minimum Gasteiger partial charge on any atom is -0.380 e. The lowest BCUT2D eigenvalue weighted by molar-refractivity contribution is -0.134. The quantitative estimate of drug-likeness (QED) is 0.808. The molecule has 0 fully saturated rings. The highest BCUT2D eigenvalue weighted by Gasteiger charge is 2.34. The van der Waals surface area contributed by atoms with Gasteiger partial charge in [-0.05, 0) is 42.7 Å². The topological polar surface area (TPSA) is 44.9 Å². The molecule has 0 aromatic heterocycles. The summed E-state index contributed by atoms with van der Waals surface area (Å²) in [7, 11) is 0. The second kappa shape index (κ2) is 7.06. The highest BCUT2D eigenvalue weighted by molar-refractivity contribution is 6.33. The highest BCUT2D eigenvalue weighted by Crippen LogP contribution is 2.30. The van der Waals surface area contributed by atoms with Crippen LogP contribution in [0.1, 0.15) is 18.1 Å². The summed E-state index contributed by atoms with van der Waals surface area (Å²) >= 11 is 6.01. The van der Waals surface area contributed by atoms with Crippen molar-refractivity contribution in [1.29, 1.82) is 0 Å². The molecule has 2 aromatic carbocycles. The number of hydrogen-bond acceptors (Lipinski definition) is 3. The van der Waals surface area contributed by atoms with Crippen LogP contribution in [-0.4, -0.2) is 29.6 Å². The molecule has 0 saturated heterocycles. The maximum atomic E-state index is 13.3. The van der Waals surface area contributed by atoms with Crippen LogP contribution in [0.4, 0.5) is 15.8 Å². The highest BCUT2D eigenvalue weighted by atomic mass is 35.5. The lowest BCUT2D eigenvalue weighted by Crippen LogP contribution is -2.47. The van der Waals surface area contributed by atoms with Gasteiger partial charge in [-0.15, -0.1) is 0 Å². The molecule has 0 bridgehead atoms. The lowest BCUT2D eigenvalue weighted by Gasteiger charge is -2.29. The van der Waals surface area contributed by atoms with Gasteiger partial charge in [0.2, 0.25) is 5.69 Å². The summed E-state index contributed by atoms with van der Waals surface area (Å²) in [4.78, 5) is 17.8. The van der Waals surface area contributed by atoms with Gasteiger partial charge in [0.25, 0.3) is 0 Å². The molecule has 3 rings (SSSR count). The molecule has 0 saturated carbocycles. The van der Waals surface area contributed by atoms with E-state index in [4.69, 9.17) is 18.2 Å².